The number of nitrogens with zero attached hydrogens (tertiary/aromatic N) is 1. The predicted molar refractivity (Wildman–Crippen MR) is 109 cm³/mol. The molecule has 0 atom stereocenters. The third kappa shape index (κ3) is 4.86. The lowest BCUT2D eigenvalue weighted by molar-refractivity contribution is 0.101. The van der Waals surface area contributed by atoms with Crippen LogP contribution in [-0.2, 0) is 0 Å². The average Bonchev–Trinajstić information content (AvgIpc) is 2.70. The van der Waals surface area contributed by atoms with Crippen LogP contribution in [0.2, 0.25) is 5.02 Å². The number of benzene rings is 2. The average molecular weight is 396 g/mol. The first-order valence-electron chi connectivity index (χ1n) is 8.64. The fraction of sp³-hybridized carbons (Fsp3) is 0.0952. The molecule has 0 bridgehead atoms. The first-order valence-corrected chi connectivity index (χ1v) is 9.02. The fourth-order valence-electron chi connectivity index (χ4n) is 2.49. The van der Waals surface area contributed by atoms with Gasteiger partial charge in [-0.25, -0.2) is 4.98 Å². The summed E-state index contributed by atoms with van der Waals surface area (Å²) in [4.78, 5) is 29.2. The molecule has 2 aromatic carbocycles. The summed E-state index contributed by atoms with van der Waals surface area (Å²) >= 11 is 5.92. The summed E-state index contributed by atoms with van der Waals surface area (Å²) in [6.45, 7) is 2.34. The molecule has 7 heteroatoms. The Morgan fingerprint density at radius 3 is 2.32 bits per heavy atom. The molecule has 0 saturated heterocycles. The molecule has 0 radical (unpaired) electrons. The Kier molecular flexibility index (Phi) is 6.24. The second kappa shape index (κ2) is 9.01. The predicted octanol–water partition coefficient (Wildman–Crippen LogP) is 4.64. The Hall–Kier alpha value is -3.38. The van der Waals surface area contributed by atoms with Crippen LogP contribution in [0.4, 0.5) is 11.4 Å². The Morgan fingerprint density at radius 2 is 1.61 bits per heavy atom. The quantitative estimate of drug-likeness (QED) is 0.637. The fourth-order valence-corrected chi connectivity index (χ4v) is 2.68. The highest BCUT2D eigenvalue weighted by Crippen LogP contribution is 2.24. The second-order valence-corrected chi connectivity index (χ2v) is 6.19. The Bertz CT molecular complexity index is 1010. The minimum absolute atomic E-state index is 0.116. The van der Waals surface area contributed by atoms with Crippen LogP contribution in [0.25, 0.3) is 0 Å². The first-order chi connectivity index (χ1) is 13.6. The zero-order valence-corrected chi connectivity index (χ0v) is 15.9. The highest BCUT2D eigenvalue weighted by molar-refractivity contribution is 6.31. The summed E-state index contributed by atoms with van der Waals surface area (Å²) in [6.07, 6.45) is 0. The van der Waals surface area contributed by atoms with Crippen LogP contribution < -0.4 is 15.4 Å². The Balaban J connectivity index is 1.75. The number of para-hydroxylation sites is 2. The largest absolute Gasteiger partial charge is 0.492 e. The van der Waals surface area contributed by atoms with E-state index >= 15 is 0 Å². The molecule has 0 unspecified atom stereocenters. The van der Waals surface area contributed by atoms with Gasteiger partial charge in [-0.05, 0) is 49.4 Å². The van der Waals surface area contributed by atoms with Gasteiger partial charge >= 0.3 is 0 Å². The summed E-state index contributed by atoms with van der Waals surface area (Å²) in [5, 5.41) is 5.97. The van der Waals surface area contributed by atoms with E-state index < -0.39 is 11.8 Å². The van der Waals surface area contributed by atoms with E-state index in [-0.39, 0.29) is 11.4 Å². The molecule has 0 saturated carbocycles. The van der Waals surface area contributed by atoms with Crippen molar-refractivity contribution in [1.29, 1.82) is 0 Å². The van der Waals surface area contributed by atoms with Crippen LogP contribution >= 0.6 is 11.6 Å². The van der Waals surface area contributed by atoms with E-state index in [0.29, 0.717) is 28.8 Å². The van der Waals surface area contributed by atoms with Crippen molar-refractivity contribution in [3.63, 3.8) is 0 Å². The number of carbonyl (C=O) groups is 2. The maximum absolute atomic E-state index is 12.6. The van der Waals surface area contributed by atoms with Gasteiger partial charge in [0.05, 0.1) is 12.3 Å². The molecule has 0 spiro atoms. The maximum Gasteiger partial charge on any atom is 0.274 e. The van der Waals surface area contributed by atoms with E-state index in [1.54, 1.807) is 48.5 Å². The van der Waals surface area contributed by atoms with Gasteiger partial charge in [0.25, 0.3) is 11.8 Å². The molecule has 2 N–H and O–H groups in total. The molecular formula is C21H18ClN3O3. The number of aromatic nitrogens is 1. The van der Waals surface area contributed by atoms with Gasteiger partial charge in [-0.15, -0.1) is 0 Å². The molecule has 28 heavy (non-hydrogen) atoms. The zero-order chi connectivity index (χ0) is 19.9. The van der Waals surface area contributed by atoms with E-state index in [1.165, 1.54) is 12.1 Å². The summed E-state index contributed by atoms with van der Waals surface area (Å²) in [7, 11) is 0. The van der Waals surface area contributed by atoms with Crippen LogP contribution in [0.15, 0.2) is 66.7 Å². The van der Waals surface area contributed by atoms with E-state index in [1.807, 2.05) is 13.0 Å². The van der Waals surface area contributed by atoms with E-state index in [9.17, 15) is 9.59 Å². The van der Waals surface area contributed by atoms with Crippen LogP contribution in [0.5, 0.6) is 5.75 Å². The molecule has 1 aromatic heterocycles. The third-order valence-corrected chi connectivity index (χ3v) is 3.97. The monoisotopic (exact) mass is 395 g/mol. The number of carbonyl (C=O) groups excluding carboxylic acids is 2. The highest BCUT2D eigenvalue weighted by Gasteiger charge is 2.14. The number of anilines is 2. The van der Waals surface area contributed by atoms with Gasteiger partial charge in [-0.3, -0.25) is 9.59 Å². The number of nitrogens with one attached hydrogen (secondary N) is 2. The van der Waals surface area contributed by atoms with Gasteiger partial charge in [-0.2, -0.15) is 0 Å². The molecule has 6 nitrogen and oxygen atoms in total. The number of amides is 2. The topological polar surface area (TPSA) is 80.3 Å². The van der Waals surface area contributed by atoms with Gasteiger partial charge in [0.15, 0.2) is 0 Å². The smallest absolute Gasteiger partial charge is 0.274 e. The van der Waals surface area contributed by atoms with Crippen molar-refractivity contribution < 1.29 is 14.3 Å². The number of hydrogen-bond donors (Lipinski definition) is 2. The molecule has 0 aliphatic heterocycles. The standard InChI is InChI=1S/C21H18ClN3O3/c1-2-28-19-12-4-3-9-16(19)25-21(27)18-11-6-10-17(24-18)20(26)23-15-8-5-7-14(22)13-15/h3-13H,2H2,1H3,(H,23,26)(H,25,27). The van der Waals surface area contributed by atoms with E-state index in [4.69, 9.17) is 16.3 Å². The molecule has 3 aromatic rings. The zero-order valence-electron chi connectivity index (χ0n) is 15.1. The first kappa shape index (κ1) is 19.4. The lowest BCUT2D eigenvalue weighted by atomic mass is 10.2. The van der Waals surface area contributed by atoms with Gasteiger partial charge in [0, 0.05) is 10.7 Å². The van der Waals surface area contributed by atoms with E-state index in [0.717, 1.165) is 0 Å². The minimum Gasteiger partial charge on any atom is -0.492 e. The Labute approximate surface area is 167 Å². The summed E-state index contributed by atoms with van der Waals surface area (Å²) < 4.78 is 5.50. The van der Waals surface area contributed by atoms with Crippen molar-refractivity contribution in [1.82, 2.24) is 4.98 Å². The van der Waals surface area contributed by atoms with Crippen molar-refractivity contribution in [3.05, 3.63) is 83.1 Å². The number of hydrogen-bond acceptors (Lipinski definition) is 4. The van der Waals surface area contributed by atoms with Crippen LogP contribution in [-0.4, -0.2) is 23.4 Å². The summed E-state index contributed by atoms with van der Waals surface area (Å²) in [6, 6.07) is 18.6. The van der Waals surface area contributed by atoms with Crippen molar-refractivity contribution in [2.75, 3.05) is 17.2 Å². The molecule has 0 aliphatic rings. The Morgan fingerprint density at radius 1 is 0.929 bits per heavy atom. The van der Waals surface area contributed by atoms with Gasteiger partial charge in [0.2, 0.25) is 0 Å². The van der Waals surface area contributed by atoms with Gasteiger partial charge in [-0.1, -0.05) is 35.9 Å². The normalized spacial score (nSPS) is 10.2. The van der Waals surface area contributed by atoms with Crippen LogP contribution in [0.3, 0.4) is 0 Å². The number of halogens is 1. The maximum atomic E-state index is 12.6. The van der Waals surface area contributed by atoms with Gasteiger partial charge in [0.1, 0.15) is 17.1 Å². The second-order valence-electron chi connectivity index (χ2n) is 5.76. The van der Waals surface area contributed by atoms with Crippen molar-refractivity contribution in [2.45, 2.75) is 6.92 Å². The highest BCUT2D eigenvalue weighted by atomic mass is 35.5. The number of rotatable bonds is 6. The SMILES string of the molecule is CCOc1ccccc1NC(=O)c1cccc(C(=O)Nc2cccc(Cl)c2)n1. The minimum atomic E-state index is -0.440. The van der Waals surface area contributed by atoms with Crippen molar-refractivity contribution >= 4 is 34.8 Å². The van der Waals surface area contributed by atoms with Gasteiger partial charge < -0.3 is 15.4 Å². The molecule has 3 rings (SSSR count). The molecule has 0 fully saturated rings. The van der Waals surface area contributed by atoms with Crippen LogP contribution in [0.1, 0.15) is 27.9 Å². The number of ether oxygens (including phenoxy) is 1. The molecule has 2 amide bonds. The molecular weight excluding hydrogens is 378 g/mol. The van der Waals surface area contributed by atoms with Crippen molar-refractivity contribution in [3.8, 4) is 5.75 Å². The summed E-state index contributed by atoms with van der Waals surface area (Å²) in [5.74, 6) is -0.315. The molecule has 1 heterocycles. The van der Waals surface area contributed by atoms with Crippen molar-refractivity contribution in [2.24, 2.45) is 0 Å². The van der Waals surface area contributed by atoms with Crippen LogP contribution in [0, 0.1) is 0 Å². The summed E-state index contributed by atoms with van der Waals surface area (Å²) in [5.41, 5.74) is 1.31. The van der Waals surface area contributed by atoms with E-state index in [2.05, 4.69) is 15.6 Å². The lowest BCUT2D eigenvalue weighted by Crippen LogP contribution is -2.18. The molecule has 142 valence electrons. The third-order valence-electron chi connectivity index (χ3n) is 3.73. The number of pyridine rings is 1. The lowest BCUT2D eigenvalue weighted by Gasteiger charge is -2.11. The molecule has 0 aliphatic carbocycles.